The SMILES string of the molecule is CC(C)CC(C)N(C)C(=O)C(C)C(=O)O. The molecule has 4 nitrogen and oxygen atoms in total. The molecule has 0 aromatic carbocycles. The molecule has 0 aromatic heterocycles. The van der Waals surface area contributed by atoms with E-state index in [1.54, 1.807) is 7.05 Å². The number of hydrogen-bond donors (Lipinski definition) is 1. The molecule has 0 aromatic rings. The molecule has 0 aliphatic rings. The molecule has 0 spiro atoms. The summed E-state index contributed by atoms with van der Waals surface area (Å²) in [5.74, 6) is -1.85. The van der Waals surface area contributed by atoms with Gasteiger partial charge in [-0.25, -0.2) is 0 Å². The minimum Gasteiger partial charge on any atom is -0.481 e. The van der Waals surface area contributed by atoms with Crippen LogP contribution in [0.5, 0.6) is 0 Å². The Kier molecular flexibility index (Phi) is 5.33. The summed E-state index contributed by atoms with van der Waals surface area (Å²) in [5.41, 5.74) is 0. The van der Waals surface area contributed by atoms with E-state index in [2.05, 4.69) is 13.8 Å². The number of nitrogens with zero attached hydrogens (tertiary/aromatic N) is 1. The van der Waals surface area contributed by atoms with Crippen LogP contribution in [-0.2, 0) is 9.59 Å². The van der Waals surface area contributed by atoms with Crippen LogP contribution in [0.2, 0.25) is 0 Å². The molecule has 0 aliphatic heterocycles. The second-order valence-electron chi connectivity index (χ2n) is 4.49. The van der Waals surface area contributed by atoms with Gasteiger partial charge in [-0.2, -0.15) is 0 Å². The van der Waals surface area contributed by atoms with E-state index >= 15 is 0 Å². The maximum absolute atomic E-state index is 11.7. The smallest absolute Gasteiger partial charge is 0.315 e. The van der Waals surface area contributed by atoms with Crippen LogP contribution in [0.25, 0.3) is 0 Å². The molecule has 0 bridgehead atoms. The molecule has 0 rings (SSSR count). The van der Waals surface area contributed by atoms with Crippen molar-refractivity contribution in [2.24, 2.45) is 11.8 Å². The van der Waals surface area contributed by atoms with Gasteiger partial charge in [-0.3, -0.25) is 9.59 Å². The lowest BCUT2D eigenvalue weighted by atomic mass is 10.0. The molecule has 4 heteroatoms. The normalized spacial score (nSPS) is 14.8. The zero-order valence-electron chi connectivity index (χ0n) is 10.2. The van der Waals surface area contributed by atoms with Crippen LogP contribution in [0.1, 0.15) is 34.1 Å². The number of carboxylic acids is 1. The molecule has 1 amide bonds. The van der Waals surface area contributed by atoms with E-state index in [4.69, 9.17) is 5.11 Å². The number of amides is 1. The van der Waals surface area contributed by atoms with Crippen LogP contribution >= 0.6 is 0 Å². The average Bonchev–Trinajstić information content (AvgIpc) is 2.13. The summed E-state index contributed by atoms with van der Waals surface area (Å²) < 4.78 is 0. The fourth-order valence-electron chi connectivity index (χ4n) is 1.47. The zero-order valence-corrected chi connectivity index (χ0v) is 10.2. The van der Waals surface area contributed by atoms with E-state index in [9.17, 15) is 9.59 Å². The summed E-state index contributed by atoms with van der Waals surface area (Å²) in [6, 6.07) is 0.0827. The van der Waals surface area contributed by atoms with Gasteiger partial charge in [0.1, 0.15) is 5.92 Å². The van der Waals surface area contributed by atoms with Gasteiger partial charge in [-0.1, -0.05) is 13.8 Å². The number of carboxylic acid groups (broad SMARTS) is 1. The van der Waals surface area contributed by atoms with Crippen molar-refractivity contribution in [2.45, 2.75) is 40.2 Å². The third kappa shape index (κ3) is 4.32. The number of carbonyl (C=O) groups is 2. The van der Waals surface area contributed by atoms with Gasteiger partial charge in [-0.15, -0.1) is 0 Å². The maximum atomic E-state index is 11.7. The highest BCUT2D eigenvalue weighted by Crippen LogP contribution is 2.12. The first-order valence-corrected chi connectivity index (χ1v) is 5.26. The van der Waals surface area contributed by atoms with Gasteiger partial charge < -0.3 is 10.0 Å². The van der Waals surface area contributed by atoms with Crippen molar-refractivity contribution in [1.29, 1.82) is 0 Å². The molecule has 0 radical (unpaired) electrons. The number of carbonyl (C=O) groups excluding carboxylic acids is 1. The molecule has 0 saturated heterocycles. The first kappa shape index (κ1) is 13.9. The second-order valence-corrected chi connectivity index (χ2v) is 4.49. The van der Waals surface area contributed by atoms with Crippen molar-refractivity contribution in [3.05, 3.63) is 0 Å². The van der Waals surface area contributed by atoms with Gasteiger partial charge in [0.2, 0.25) is 5.91 Å². The lowest BCUT2D eigenvalue weighted by molar-refractivity contribution is -0.150. The van der Waals surface area contributed by atoms with Crippen LogP contribution in [0, 0.1) is 11.8 Å². The van der Waals surface area contributed by atoms with E-state index in [1.807, 2.05) is 6.92 Å². The molecule has 15 heavy (non-hydrogen) atoms. The Balaban J connectivity index is 4.37. The summed E-state index contributed by atoms with van der Waals surface area (Å²) in [5, 5.41) is 8.72. The quantitative estimate of drug-likeness (QED) is 0.709. The summed E-state index contributed by atoms with van der Waals surface area (Å²) >= 11 is 0. The molecule has 88 valence electrons. The summed E-state index contributed by atoms with van der Waals surface area (Å²) in [7, 11) is 1.66. The summed E-state index contributed by atoms with van der Waals surface area (Å²) in [6.07, 6.45) is 0.884. The Labute approximate surface area is 91.3 Å². The van der Waals surface area contributed by atoms with E-state index in [0.717, 1.165) is 6.42 Å². The Morgan fingerprint density at radius 2 is 1.67 bits per heavy atom. The first-order valence-electron chi connectivity index (χ1n) is 5.26. The van der Waals surface area contributed by atoms with Crippen molar-refractivity contribution in [1.82, 2.24) is 4.90 Å². The minimum absolute atomic E-state index is 0.0827. The lowest BCUT2D eigenvalue weighted by Gasteiger charge is -2.27. The van der Waals surface area contributed by atoms with Gasteiger partial charge in [0.15, 0.2) is 0 Å². The Bertz CT molecular complexity index is 238. The second kappa shape index (κ2) is 5.73. The van der Waals surface area contributed by atoms with Gasteiger partial charge in [-0.05, 0) is 26.2 Å². The molecule has 0 heterocycles. The van der Waals surface area contributed by atoms with E-state index < -0.39 is 11.9 Å². The first-order chi connectivity index (χ1) is 6.77. The highest BCUT2D eigenvalue weighted by atomic mass is 16.4. The van der Waals surface area contributed by atoms with Crippen molar-refractivity contribution >= 4 is 11.9 Å². The third-order valence-corrected chi connectivity index (χ3v) is 2.56. The minimum atomic E-state index is -1.07. The number of hydrogen-bond acceptors (Lipinski definition) is 2. The van der Waals surface area contributed by atoms with Gasteiger partial charge in [0.05, 0.1) is 0 Å². The maximum Gasteiger partial charge on any atom is 0.315 e. The topological polar surface area (TPSA) is 57.6 Å². The number of aliphatic carboxylic acids is 1. The van der Waals surface area contributed by atoms with Crippen molar-refractivity contribution in [3.8, 4) is 0 Å². The molecular formula is C11H21NO3. The van der Waals surface area contributed by atoms with E-state index in [1.165, 1.54) is 11.8 Å². The van der Waals surface area contributed by atoms with E-state index in [0.29, 0.717) is 5.92 Å². The molecule has 0 saturated carbocycles. The predicted molar refractivity (Wildman–Crippen MR) is 58.5 cm³/mol. The van der Waals surface area contributed by atoms with Gasteiger partial charge >= 0.3 is 5.97 Å². The van der Waals surface area contributed by atoms with Gasteiger partial charge in [0, 0.05) is 13.1 Å². The monoisotopic (exact) mass is 215 g/mol. The molecule has 2 atom stereocenters. The molecule has 0 aliphatic carbocycles. The average molecular weight is 215 g/mol. The predicted octanol–water partition coefficient (Wildman–Crippen LogP) is 1.60. The van der Waals surface area contributed by atoms with Crippen LogP contribution in [0.3, 0.4) is 0 Å². The van der Waals surface area contributed by atoms with Crippen molar-refractivity contribution in [2.75, 3.05) is 7.05 Å². The fraction of sp³-hybridized carbons (Fsp3) is 0.818. The molecule has 1 N–H and O–H groups in total. The van der Waals surface area contributed by atoms with Crippen molar-refractivity contribution < 1.29 is 14.7 Å². The summed E-state index contributed by atoms with van der Waals surface area (Å²) in [6.45, 7) is 7.51. The van der Waals surface area contributed by atoms with Crippen LogP contribution in [0.4, 0.5) is 0 Å². The van der Waals surface area contributed by atoms with Crippen molar-refractivity contribution in [3.63, 3.8) is 0 Å². The molecule has 0 fully saturated rings. The Hall–Kier alpha value is -1.06. The third-order valence-electron chi connectivity index (χ3n) is 2.56. The Morgan fingerprint density at radius 3 is 2.00 bits per heavy atom. The lowest BCUT2D eigenvalue weighted by Crippen LogP contribution is -2.41. The molecule has 2 unspecified atom stereocenters. The zero-order chi connectivity index (χ0) is 12.2. The van der Waals surface area contributed by atoms with Crippen LogP contribution in [-0.4, -0.2) is 35.0 Å². The van der Waals surface area contributed by atoms with Gasteiger partial charge in [0.25, 0.3) is 0 Å². The standard InChI is InChI=1S/C11H21NO3/c1-7(2)6-8(3)12(5)10(13)9(4)11(14)15/h7-9H,6H2,1-5H3,(H,14,15). The van der Waals surface area contributed by atoms with E-state index in [-0.39, 0.29) is 11.9 Å². The summed E-state index contributed by atoms with van der Waals surface area (Å²) in [4.78, 5) is 23.8. The fourth-order valence-corrected chi connectivity index (χ4v) is 1.47. The largest absolute Gasteiger partial charge is 0.481 e. The Morgan fingerprint density at radius 1 is 1.20 bits per heavy atom. The molecular weight excluding hydrogens is 194 g/mol. The highest BCUT2D eigenvalue weighted by molar-refractivity contribution is 5.96. The highest BCUT2D eigenvalue weighted by Gasteiger charge is 2.26. The van der Waals surface area contributed by atoms with Crippen LogP contribution in [0.15, 0.2) is 0 Å². The van der Waals surface area contributed by atoms with Crippen LogP contribution < -0.4 is 0 Å². The number of rotatable bonds is 5.